The van der Waals surface area contributed by atoms with Crippen molar-refractivity contribution in [3.05, 3.63) is 18.2 Å². The largest absolute Gasteiger partial charge is 0.258 e. The second-order valence-electron chi connectivity index (χ2n) is 3.21. The van der Waals surface area contributed by atoms with Gasteiger partial charge in [-0.3, -0.25) is 0 Å². The minimum absolute atomic E-state index is 0.606. The van der Waals surface area contributed by atoms with Gasteiger partial charge in [-0.15, -0.1) is 0 Å². The molecule has 0 unspecified atom stereocenters. The maximum atomic E-state index is 2.28. The average Bonchev–Trinajstić information content (AvgIpc) is 2.30. The van der Waals surface area contributed by atoms with E-state index in [-0.39, 0.29) is 0 Å². The molecule has 0 atom stereocenters. The number of nitrogens with zero attached hydrogens (tertiary/aromatic N) is 2. The summed E-state index contributed by atoms with van der Waals surface area (Å²) in [5.74, 6) is 2.00. The van der Waals surface area contributed by atoms with E-state index in [1.54, 1.807) is 0 Å². The van der Waals surface area contributed by atoms with Crippen LogP contribution < -0.4 is 4.57 Å². The number of aryl methyl sites for hydroxylation is 2. The molecule has 2 heteroatoms. The first kappa shape index (κ1) is 8.31. The molecule has 62 valence electrons. The van der Waals surface area contributed by atoms with E-state index in [2.05, 4.69) is 49.3 Å². The molecule has 0 aromatic carbocycles. The van der Waals surface area contributed by atoms with Gasteiger partial charge in [-0.2, -0.15) is 0 Å². The van der Waals surface area contributed by atoms with E-state index in [4.69, 9.17) is 0 Å². The molecule has 2 nitrogen and oxygen atoms in total. The molecule has 0 bridgehead atoms. The van der Waals surface area contributed by atoms with Crippen LogP contribution in [0.25, 0.3) is 0 Å². The molecule has 0 N–H and O–H groups in total. The lowest BCUT2D eigenvalue weighted by Crippen LogP contribution is -2.32. The number of rotatable bonds is 2. The van der Waals surface area contributed by atoms with Crippen LogP contribution in [0.15, 0.2) is 12.4 Å². The quantitative estimate of drug-likeness (QED) is 0.569. The summed E-state index contributed by atoms with van der Waals surface area (Å²) < 4.78 is 4.47. The van der Waals surface area contributed by atoms with Crippen molar-refractivity contribution in [3.63, 3.8) is 0 Å². The van der Waals surface area contributed by atoms with Gasteiger partial charge in [-0.1, -0.05) is 13.8 Å². The standard InChI is InChI=1S/C9H17N2/c1-5-11-7-6-10(4)9(11)8(2)3/h6-8H,5H2,1-4H3/q+1. The van der Waals surface area contributed by atoms with Gasteiger partial charge in [-0.05, 0) is 6.92 Å². The van der Waals surface area contributed by atoms with E-state index in [1.807, 2.05) is 0 Å². The highest BCUT2D eigenvalue weighted by atomic mass is 15.1. The average molecular weight is 153 g/mol. The van der Waals surface area contributed by atoms with Gasteiger partial charge >= 0.3 is 0 Å². The van der Waals surface area contributed by atoms with Crippen molar-refractivity contribution in [1.82, 2.24) is 4.57 Å². The van der Waals surface area contributed by atoms with E-state index < -0.39 is 0 Å². The van der Waals surface area contributed by atoms with Crippen molar-refractivity contribution in [3.8, 4) is 0 Å². The first-order valence-corrected chi connectivity index (χ1v) is 4.21. The van der Waals surface area contributed by atoms with Crippen LogP contribution >= 0.6 is 0 Å². The molecule has 1 heterocycles. The highest BCUT2D eigenvalue weighted by Crippen LogP contribution is 2.08. The maximum absolute atomic E-state index is 2.28. The summed E-state index contributed by atoms with van der Waals surface area (Å²) in [5, 5.41) is 0. The molecule has 0 fully saturated rings. The Balaban J connectivity index is 3.07. The number of hydrogen-bond donors (Lipinski definition) is 0. The van der Waals surface area contributed by atoms with Crippen LogP contribution in [0.2, 0.25) is 0 Å². The van der Waals surface area contributed by atoms with Gasteiger partial charge in [-0.25, -0.2) is 9.13 Å². The highest BCUT2D eigenvalue weighted by Gasteiger charge is 2.15. The van der Waals surface area contributed by atoms with Crippen molar-refractivity contribution >= 4 is 0 Å². The molecule has 0 radical (unpaired) electrons. The maximum Gasteiger partial charge on any atom is 0.258 e. The van der Waals surface area contributed by atoms with Crippen molar-refractivity contribution < 1.29 is 4.57 Å². The third-order valence-corrected chi connectivity index (χ3v) is 1.98. The van der Waals surface area contributed by atoms with Gasteiger partial charge in [0.05, 0.1) is 19.5 Å². The Morgan fingerprint density at radius 2 is 2.18 bits per heavy atom. The van der Waals surface area contributed by atoms with Crippen LogP contribution in [-0.2, 0) is 13.6 Å². The van der Waals surface area contributed by atoms with Crippen molar-refractivity contribution in [1.29, 1.82) is 0 Å². The fraction of sp³-hybridized carbons (Fsp3) is 0.667. The monoisotopic (exact) mass is 153 g/mol. The summed E-state index contributed by atoms with van der Waals surface area (Å²) in [6.07, 6.45) is 4.24. The van der Waals surface area contributed by atoms with E-state index in [9.17, 15) is 0 Å². The minimum Gasteiger partial charge on any atom is -0.237 e. The first-order valence-electron chi connectivity index (χ1n) is 4.21. The molecule has 0 spiro atoms. The second-order valence-corrected chi connectivity index (χ2v) is 3.21. The van der Waals surface area contributed by atoms with Crippen LogP contribution in [0.1, 0.15) is 32.5 Å². The first-order chi connectivity index (χ1) is 5.16. The molecule has 0 aliphatic rings. The molecule has 0 aliphatic heterocycles. The molecule has 0 saturated heterocycles. The minimum atomic E-state index is 0.606. The van der Waals surface area contributed by atoms with E-state index in [0.29, 0.717) is 5.92 Å². The topological polar surface area (TPSA) is 8.81 Å². The summed E-state index contributed by atoms with van der Waals surface area (Å²) in [5.41, 5.74) is 0. The zero-order valence-corrected chi connectivity index (χ0v) is 7.83. The molecule has 0 saturated carbocycles. The van der Waals surface area contributed by atoms with Gasteiger partial charge in [0.1, 0.15) is 12.4 Å². The van der Waals surface area contributed by atoms with Crippen LogP contribution in [-0.4, -0.2) is 4.57 Å². The van der Waals surface area contributed by atoms with Crippen LogP contribution in [0, 0.1) is 0 Å². The van der Waals surface area contributed by atoms with E-state index in [0.717, 1.165) is 6.54 Å². The molecule has 0 amide bonds. The predicted molar refractivity (Wildman–Crippen MR) is 45.4 cm³/mol. The molecule has 1 aromatic heterocycles. The Kier molecular flexibility index (Phi) is 2.32. The predicted octanol–water partition coefficient (Wildman–Crippen LogP) is 1.46. The Bertz CT molecular complexity index is 236. The lowest BCUT2D eigenvalue weighted by Gasteiger charge is -2.02. The van der Waals surface area contributed by atoms with Gasteiger partial charge < -0.3 is 0 Å². The fourth-order valence-corrected chi connectivity index (χ4v) is 1.54. The van der Waals surface area contributed by atoms with E-state index in [1.165, 1.54) is 5.82 Å². The van der Waals surface area contributed by atoms with Gasteiger partial charge in [0.15, 0.2) is 0 Å². The summed E-state index contributed by atoms with van der Waals surface area (Å²) in [6.45, 7) is 7.68. The molecule has 11 heavy (non-hydrogen) atoms. The molecular formula is C9H17N2+. The highest BCUT2D eigenvalue weighted by molar-refractivity contribution is 4.88. The van der Waals surface area contributed by atoms with Crippen LogP contribution in [0.4, 0.5) is 0 Å². The lowest BCUT2D eigenvalue weighted by atomic mass is 10.2. The van der Waals surface area contributed by atoms with Crippen molar-refractivity contribution in [2.75, 3.05) is 0 Å². The van der Waals surface area contributed by atoms with Gasteiger partial charge in [0.25, 0.3) is 5.82 Å². The van der Waals surface area contributed by atoms with Crippen molar-refractivity contribution in [2.24, 2.45) is 7.05 Å². The van der Waals surface area contributed by atoms with Crippen LogP contribution in [0.3, 0.4) is 0 Å². The summed E-state index contributed by atoms with van der Waals surface area (Å²) in [6, 6.07) is 0. The number of hydrogen-bond acceptors (Lipinski definition) is 0. The third kappa shape index (κ3) is 1.44. The summed E-state index contributed by atoms with van der Waals surface area (Å²) in [7, 11) is 2.10. The molecule has 1 aromatic rings. The SMILES string of the molecule is CCn1cc[n+](C)c1C(C)C. The van der Waals surface area contributed by atoms with Gasteiger partial charge in [0.2, 0.25) is 0 Å². The molecule has 0 aliphatic carbocycles. The lowest BCUT2D eigenvalue weighted by molar-refractivity contribution is -0.680. The molecule has 1 rings (SSSR count). The van der Waals surface area contributed by atoms with Crippen LogP contribution in [0.5, 0.6) is 0 Å². The van der Waals surface area contributed by atoms with Gasteiger partial charge in [0, 0.05) is 0 Å². The Morgan fingerprint density at radius 1 is 1.55 bits per heavy atom. The Labute approximate surface area is 68.5 Å². The van der Waals surface area contributed by atoms with Crippen molar-refractivity contribution in [2.45, 2.75) is 33.2 Å². The normalized spacial score (nSPS) is 11.0. The smallest absolute Gasteiger partial charge is 0.237 e. The number of aromatic nitrogens is 2. The fourth-order valence-electron chi connectivity index (χ4n) is 1.54. The summed E-state index contributed by atoms with van der Waals surface area (Å²) in [4.78, 5) is 0. The van der Waals surface area contributed by atoms with E-state index >= 15 is 0 Å². The number of imidazole rings is 1. The Hall–Kier alpha value is -0.790. The zero-order chi connectivity index (χ0) is 8.43. The second kappa shape index (κ2) is 3.07. The molecular weight excluding hydrogens is 136 g/mol. The summed E-state index contributed by atoms with van der Waals surface area (Å²) >= 11 is 0. The third-order valence-electron chi connectivity index (χ3n) is 1.98. The zero-order valence-electron chi connectivity index (χ0n) is 7.83. The Morgan fingerprint density at radius 3 is 2.55 bits per heavy atom.